The summed E-state index contributed by atoms with van der Waals surface area (Å²) in [6.07, 6.45) is 7.33. The number of aromatic carboxylic acids is 1. The Morgan fingerprint density at radius 2 is 1.88 bits per heavy atom. The molecule has 0 radical (unpaired) electrons. The van der Waals surface area contributed by atoms with E-state index in [0.717, 1.165) is 12.8 Å². The molecule has 6 heteroatoms. The van der Waals surface area contributed by atoms with E-state index in [4.69, 9.17) is 5.11 Å². The van der Waals surface area contributed by atoms with Gasteiger partial charge in [0.25, 0.3) is 5.91 Å². The first-order chi connectivity index (χ1) is 11.5. The molecule has 1 saturated carbocycles. The number of nitrogens with one attached hydrogen (secondary N) is 1. The summed E-state index contributed by atoms with van der Waals surface area (Å²) >= 11 is 0. The summed E-state index contributed by atoms with van der Waals surface area (Å²) < 4.78 is 0. The number of amides is 1. The average Bonchev–Trinajstić information content (AvgIpc) is 2.60. The van der Waals surface area contributed by atoms with Crippen LogP contribution in [0.25, 0.3) is 0 Å². The lowest BCUT2D eigenvalue weighted by molar-refractivity contribution is -0.112. The molecule has 0 spiro atoms. The number of nitrogens with zero attached hydrogens (tertiary/aromatic N) is 2. The van der Waals surface area contributed by atoms with E-state index < -0.39 is 11.9 Å². The summed E-state index contributed by atoms with van der Waals surface area (Å²) in [5.41, 5.74) is 0.623. The molecule has 0 saturated heterocycles. The van der Waals surface area contributed by atoms with E-state index in [-0.39, 0.29) is 11.1 Å². The van der Waals surface area contributed by atoms with Crippen LogP contribution in [0.2, 0.25) is 0 Å². The summed E-state index contributed by atoms with van der Waals surface area (Å²) in [5, 5.41) is 20.7. The van der Waals surface area contributed by atoms with Gasteiger partial charge < -0.3 is 15.3 Å². The molecule has 0 aliphatic heterocycles. The van der Waals surface area contributed by atoms with Crippen molar-refractivity contribution in [3.05, 3.63) is 41.6 Å². The fraction of sp³-hybridized carbons (Fsp3) is 0.389. The maximum atomic E-state index is 12.2. The van der Waals surface area contributed by atoms with E-state index in [1.807, 2.05) is 18.0 Å². The van der Waals surface area contributed by atoms with E-state index in [2.05, 4.69) is 5.32 Å². The van der Waals surface area contributed by atoms with Gasteiger partial charge in [0.1, 0.15) is 11.6 Å². The SMILES string of the molecule is CN(/C=C(/C#N)C(=O)Nc1ccc(C(=O)O)cc1)C1CCCCC1. The Morgan fingerprint density at radius 3 is 2.42 bits per heavy atom. The third kappa shape index (κ3) is 4.59. The molecule has 1 aliphatic carbocycles. The Bertz CT molecular complexity index is 668. The number of carboxylic acids is 1. The van der Waals surface area contributed by atoms with Crippen molar-refractivity contribution in [1.82, 2.24) is 4.90 Å². The Morgan fingerprint density at radius 1 is 1.25 bits per heavy atom. The van der Waals surface area contributed by atoms with Crippen LogP contribution >= 0.6 is 0 Å². The van der Waals surface area contributed by atoms with E-state index in [1.165, 1.54) is 43.5 Å². The first-order valence-corrected chi connectivity index (χ1v) is 8.00. The van der Waals surface area contributed by atoms with Gasteiger partial charge in [-0.25, -0.2) is 4.79 Å². The zero-order chi connectivity index (χ0) is 17.5. The van der Waals surface area contributed by atoms with Gasteiger partial charge in [0.2, 0.25) is 0 Å². The molecule has 0 bridgehead atoms. The molecule has 1 amide bonds. The predicted octanol–water partition coefficient (Wildman–Crippen LogP) is 3.00. The molecular formula is C18H21N3O3. The Hall–Kier alpha value is -2.81. The molecule has 0 heterocycles. The van der Waals surface area contributed by atoms with Gasteiger partial charge in [-0.3, -0.25) is 4.79 Å². The van der Waals surface area contributed by atoms with Crippen LogP contribution in [0.3, 0.4) is 0 Å². The lowest BCUT2D eigenvalue weighted by atomic mass is 9.94. The van der Waals surface area contributed by atoms with Crippen LogP contribution < -0.4 is 5.32 Å². The number of carboxylic acid groups (broad SMARTS) is 1. The minimum atomic E-state index is -1.03. The quantitative estimate of drug-likeness (QED) is 0.640. The Kier molecular flexibility index (Phi) is 5.96. The van der Waals surface area contributed by atoms with Crippen LogP contribution in [0.15, 0.2) is 36.0 Å². The van der Waals surface area contributed by atoms with Crippen LogP contribution in [0.5, 0.6) is 0 Å². The summed E-state index contributed by atoms with van der Waals surface area (Å²) in [6, 6.07) is 8.11. The summed E-state index contributed by atoms with van der Waals surface area (Å²) in [6.45, 7) is 0. The highest BCUT2D eigenvalue weighted by Crippen LogP contribution is 2.22. The standard InChI is InChI=1S/C18H21N3O3/c1-21(16-5-3-2-4-6-16)12-14(11-19)17(22)20-15-9-7-13(8-10-15)18(23)24/h7-10,12,16H,2-6H2,1H3,(H,20,22)(H,23,24)/b14-12-. The topological polar surface area (TPSA) is 93.4 Å². The molecule has 2 rings (SSSR count). The molecule has 6 nitrogen and oxygen atoms in total. The summed E-state index contributed by atoms with van der Waals surface area (Å²) in [5.74, 6) is -1.53. The van der Waals surface area contributed by atoms with Crippen molar-refractivity contribution >= 4 is 17.6 Å². The molecule has 1 aromatic carbocycles. The molecule has 0 aromatic heterocycles. The number of carbonyl (C=O) groups is 2. The maximum Gasteiger partial charge on any atom is 0.335 e. The first-order valence-electron chi connectivity index (χ1n) is 8.00. The fourth-order valence-electron chi connectivity index (χ4n) is 2.83. The monoisotopic (exact) mass is 327 g/mol. The van der Waals surface area contributed by atoms with Gasteiger partial charge in [0, 0.05) is 25.0 Å². The van der Waals surface area contributed by atoms with Crippen molar-refractivity contribution in [2.24, 2.45) is 0 Å². The molecule has 126 valence electrons. The maximum absolute atomic E-state index is 12.2. The molecule has 0 unspecified atom stereocenters. The second-order valence-electron chi connectivity index (χ2n) is 5.95. The highest BCUT2D eigenvalue weighted by molar-refractivity contribution is 6.06. The number of anilines is 1. The number of rotatable bonds is 5. The van der Waals surface area contributed by atoms with Gasteiger partial charge >= 0.3 is 5.97 Å². The molecule has 2 N–H and O–H groups in total. The normalized spacial score (nSPS) is 15.4. The average molecular weight is 327 g/mol. The van der Waals surface area contributed by atoms with Gasteiger partial charge in [-0.15, -0.1) is 0 Å². The summed E-state index contributed by atoms with van der Waals surface area (Å²) in [4.78, 5) is 25.0. The van der Waals surface area contributed by atoms with E-state index in [1.54, 1.807) is 6.20 Å². The fourth-order valence-corrected chi connectivity index (χ4v) is 2.83. The third-order valence-electron chi connectivity index (χ3n) is 4.24. The van der Waals surface area contributed by atoms with Crippen molar-refractivity contribution in [3.63, 3.8) is 0 Å². The van der Waals surface area contributed by atoms with Crippen LogP contribution in [0, 0.1) is 11.3 Å². The smallest absolute Gasteiger partial charge is 0.335 e. The molecule has 24 heavy (non-hydrogen) atoms. The number of hydrogen-bond acceptors (Lipinski definition) is 4. The van der Waals surface area contributed by atoms with Crippen LogP contribution in [0.4, 0.5) is 5.69 Å². The number of carbonyl (C=O) groups excluding carboxylic acids is 1. The van der Waals surface area contributed by atoms with Crippen LogP contribution in [-0.2, 0) is 4.79 Å². The van der Waals surface area contributed by atoms with Crippen LogP contribution in [0.1, 0.15) is 42.5 Å². The predicted molar refractivity (Wildman–Crippen MR) is 90.4 cm³/mol. The molecular weight excluding hydrogens is 306 g/mol. The minimum Gasteiger partial charge on any atom is -0.478 e. The van der Waals surface area contributed by atoms with Gasteiger partial charge in [0.15, 0.2) is 0 Å². The van der Waals surface area contributed by atoms with E-state index in [0.29, 0.717) is 11.7 Å². The van der Waals surface area contributed by atoms with Gasteiger partial charge in [-0.05, 0) is 37.1 Å². The van der Waals surface area contributed by atoms with Crippen molar-refractivity contribution in [1.29, 1.82) is 5.26 Å². The lowest BCUT2D eigenvalue weighted by Gasteiger charge is -2.30. The summed E-state index contributed by atoms with van der Waals surface area (Å²) in [7, 11) is 1.89. The van der Waals surface area contributed by atoms with Crippen molar-refractivity contribution in [2.45, 2.75) is 38.1 Å². The largest absolute Gasteiger partial charge is 0.478 e. The molecule has 1 aliphatic rings. The van der Waals surface area contributed by atoms with Gasteiger partial charge in [-0.2, -0.15) is 5.26 Å². The molecule has 1 aromatic rings. The number of nitriles is 1. The molecule has 0 atom stereocenters. The van der Waals surface area contributed by atoms with Crippen LogP contribution in [-0.4, -0.2) is 35.0 Å². The highest BCUT2D eigenvalue weighted by Gasteiger charge is 2.18. The van der Waals surface area contributed by atoms with E-state index in [9.17, 15) is 14.9 Å². The first kappa shape index (κ1) is 17.5. The Labute approximate surface area is 141 Å². The van der Waals surface area contributed by atoms with Crippen molar-refractivity contribution in [2.75, 3.05) is 12.4 Å². The number of hydrogen-bond donors (Lipinski definition) is 2. The van der Waals surface area contributed by atoms with Gasteiger partial charge in [-0.1, -0.05) is 19.3 Å². The highest BCUT2D eigenvalue weighted by atomic mass is 16.4. The lowest BCUT2D eigenvalue weighted by Crippen LogP contribution is -2.30. The minimum absolute atomic E-state index is 0.0328. The second kappa shape index (κ2) is 8.16. The van der Waals surface area contributed by atoms with Crippen molar-refractivity contribution < 1.29 is 14.7 Å². The van der Waals surface area contributed by atoms with Crippen molar-refractivity contribution in [3.8, 4) is 6.07 Å². The third-order valence-corrected chi connectivity index (χ3v) is 4.24. The van der Waals surface area contributed by atoms with Gasteiger partial charge in [0.05, 0.1) is 5.56 Å². The number of benzene rings is 1. The van der Waals surface area contributed by atoms with E-state index >= 15 is 0 Å². The second-order valence-corrected chi connectivity index (χ2v) is 5.95. The Balaban J connectivity index is 2.03. The zero-order valence-electron chi connectivity index (χ0n) is 13.7. The molecule has 1 fully saturated rings. The zero-order valence-corrected chi connectivity index (χ0v) is 13.7.